The Morgan fingerprint density at radius 3 is 2.89 bits per heavy atom. The van der Waals surface area contributed by atoms with Gasteiger partial charge in [-0.2, -0.15) is 0 Å². The summed E-state index contributed by atoms with van der Waals surface area (Å²) < 4.78 is 0. The Morgan fingerprint density at radius 1 is 1.78 bits per heavy atom. The number of hydrogen-bond donors (Lipinski definition) is 1. The Balaban J connectivity index is 3.07. The number of carbonyl (C=O) groups is 1. The predicted molar refractivity (Wildman–Crippen MR) is 37.9 cm³/mol. The maximum Gasteiger partial charge on any atom is 0.340 e. The molecule has 0 aromatic rings. The summed E-state index contributed by atoms with van der Waals surface area (Å²) in [7, 11) is 0. The minimum atomic E-state index is -0.330. The molecule has 2 amide bonds. The van der Waals surface area contributed by atoms with Crippen molar-refractivity contribution in [3.8, 4) is 0 Å². The molecule has 0 unspecified atom stereocenters. The summed E-state index contributed by atoms with van der Waals surface area (Å²) in [5.74, 6) is 0. The van der Waals surface area contributed by atoms with Gasteiger partial charge in [-0.25, -0.2) is 9.79 Å². The lowest BCUT2D eigenvalue weighted by molar-refractivity contribution is 0.249. The summed E-state index contributed by atoms with van der Waals surface area (Å²) in [6.07, 6.45) is 2.08. The molecule has 3 heteroatoms. The number of urea groups is 1. The number of hydrogen-bond acceptors (Lipinski definition) is 1. The smallest absolute Gasteiger partial charge is 0.336 e. The van der Waals surface area contributed by atoms with E-state index in [9.17, 15) is 4.79 Å². The van der Waals surface area contributed by atoms with Crippen molar-refractivity contribution in [2.24, 2.45) is 4.99 Å². The highest BCUT2D eigenvalue weighted by molar-refractivity contribution is 5.78. The summed E-state index contributed by atoms with van der Waals surface area (Å²) in [5, 5.41) is 2.57. The summed E-state index contributed by atoms with van der Waals surface area (Å²) in [6, 6.07) is -0.330. The van der Waals surface area contributed by atoms with Crippen molar-refractivity contribution in [3.63, 3.8) is 0 Å². The summed E-state index contributed by atoms with van der Waals surface area (Å²) in [6.45, 7) is 5.84. The summed E-state index contributed by atoms with van der Waals surface area (Å²) >= 11 is 0. The number of unbranched alkanes of at least 4 members (excludes halogenated alkanes) is 1. The maximum absolute atomic E-state index is 10.3. The SMILES string of the molecule is C=NC(=O)NCCCC. The van der Waals surface area contributed by atoms with Crippen LogP contribution in [-0.4, -0.2) is 19.3 Å². The molecule has 9 heavy (non-hydrogen) atoms. The first-order chi connectivity index (χ1) is 4.31. The molecule has 0 saturated heterocycles. The fourth-order valence-corrected chi connectivity index (χ4v) is 0.428. The van der Waals surface area contributed by atoms with E-state index in [4.69, 9.17) is 0 Å². The minimum absolute atomic E-state index is 0.330. The fraction of sp³-hybridized carbons (Fsp3) is 0.667. The molecule has 3 nitrogen and oxygen atoms in total. The number of amides is 2. The van der Waals surface area contributed by atoms with Gasteiger partial charge in [0.1, 0.15) is 0 Å². The molecule has 0 aliphatic heterocycles. The Morgan fingerprint density at radius 2 is 2.44 bits per heavy atom. The van der Waals surface area contributed by atoms with Gasteiger partial charge in [0, 0.05) is 6.54 Å². The zero-order chi connectivity index (χ0) is 7.11. The topological polar surface area (TPSA) is 41.5 Å². The summed E-state index contributed by atoms with van der Waals surface area (Å²) in [5.41, 5.74) is 0. The zero-order valence-corrected chi connectivity index (χ0v) is 5.68. The van der Waals surface area contributed by atoms with Gasteiger partial charge in [0.25, 0.3) is 0 Å². The van der Waals surface area contributed by atoms with Gasteiger partial charge in [-0.1, -0.05) is 13.3 Å². The van der Waals surface area contributed by atoms with E-state index in [-0.39, 0.29) is 6.03 Å². The van der Waals surface area contributed by atoms with E-state index in [1.54, 1.807) is 0 Å². The third kappa shape index (κ3) is 5.00. The average molecular weight is 128 g/mol. The highest BCUT2D eigenvalue weighted by atomic mass is 16.2. The predicted octanol–water partition coefficient (Wildman–Crippen LogP) is 1.20. The van der Waals surface area contributed by atoms with E-state index in [0.29, 0.717) is 6.54 Å². The number of rotatable bonds is 3. The van der Waals surface area contributed by atoms with Crippen LogP contribution in [0.3, 0.4) is 0 Å². The van der Waals surface area contributed by atoms with Gasteiger partial charge in [0.15, 0.2) is 0 Å². The minimum Gasteiger partial charge on any atom is -0.336 e. The third-order valence-corrected chi connectivity index (χ3v) is 0.950. The van der Waals surface area contributed by atoms with Crippen molar-refractivity contribution in [1.29, 1.82) is 0 Å². The van der Waals surface area contributed by atoms with Crippen molar-refractivity contribution in [3.05, 3.63) is 0 Å². The lowest BCUT2D eigenvalue weighted by Crippen LogP contribution is -2.20. The molecule has 0 aliphatic carbocycles. The van der Waals surface area contributed by atoms with Gasteiger partial charge < -0.3 is 5.32 Å². The Bertz CT molecular complexity index is 101. The van der Waals surface area contributed by atoms with Gasteiger partial charge in [-0.05, 0) is 13.1 Å². The van der Waals surface area contributed by atoms with Crippen LogP contribution in [0.25, 0.3) is 0 Å². The highest BCUT2D eigenvalue weighted by Crippen LogP contribution is 1.82. The van der Waals surface area contributed by atoms with Gasteiger partial charge in [0.05, 0.1) is 0 Å². The molecule has 0 aliphatic rings. The van der Waals surface area contributed by atoms with Gasteiger partial charge in [-0.15, -0.1) is 0 Å². The summed E-state index contributed by atoms with van der Waals surface area (Å²) in [4.78, 5) is 13.5. The van der Waals surface area contributed by atoms with Gasteiger partial charge >= 0.3 is 6.03 Å². The van der Waals surface area contributed by atoms with Crippen molar-refractivity contribution < 1.29 is 4.79 Å². The molecule has 0 saturated carbocycles. The van der Waals surface area contributed by atoms with E-state index >= 15 is 0 Å². The Hall–Kier alpha value is -0.860. The number of aliphatic imine (C=N–C) groups is 1. The second kappa shape index (κ2) is 5.28. The monoisotopic (exact) mass is 128 g/mol. The van der Waals surface area contributed by atoms with Crippen LogP contribution in [0.2, 0.25) is 0 Å². The molecule has 1 N–H and O–H groups in total. The van der Waals surface area contributed by atoms with E-state index in [0.717, 1.165) is 12.8 Å². The van der Waals surface area contributed by atoms with Crippen LogP contribution < -0.4 is 5.32 Å². The van der Waals surface area contributed by atoms with Crippen LogP contribution in [-0.2, 0) is 0 Å². The van der Waals surface area contributed by atoms with Crippen LogP contribution in [0.15, 0.2) is 4.99 Å². The first-order valence-corrected chi connectivity index (χ1v) is 3.05. The fourth-order valence-electron chi connectivity index (χ4n) is 0.428. The molecule has 0 spiro atoms. The molecule has 0 atom stereocenters. The Labute approximate surface area is 55.2 Å². The molecule has 0 bridgehead atoms. The van der Waals surface area contributed by atoms with E-state index in [1.807, 2.05) is 0 Å². The van der Waals surface area contributed by atoms with Crippen molar-refractivity contribution in [2.75, 3.05) is 6.54 Å². The average Bonchev–Trinajstić information content (AvgIpc) is 1.89. The lowest BCUT2D eigenvalue weighted by Gasteiger charge is -1.96. The Kier molecular flexibility index (Phi) is 4.78. The zero-order valence-electron chi connectivity index (χ0n) is 5.68. The number of nitrogens with one attached hydrogen (secondary N) is 1. The van der Waals surface area contributed by atoms with Gasteiger partial charge in [-0.3, -0.25) is 0 Å². The largest absolute Gasteiger partial charge is 0.340 e. The first-order valence-electron chi connectivity index (χ1n) is 3.05. The van der Waals surface area contributed by atoms with Crippen LogP contribution in [0, 0.1) is 0 Å². The molecule has 0 radical (unpaired) electrons. The van der Waals surface area contributed by atoms with Crippen LogP contribution in [0.5, 0.6) is 0 Å². The van der Waals surface area contributed by atoms with E-state index in [1.165, 1.54) is 0 Å². The van der Waals surface area contributed by atoms with Crippen LogP contribution >= 0.6 is 0 Å². The van der Waals surface area contributed by atoms with Crippen LogP contribution in [0.4, 0.5) is 4.79 Å². The van der Waals surface area contributed by atoms with E-state index in [2.05, 4.69) is 24.0 Å². The second-order valence-electron chi connectivity index (χ2n) is 1.74. The van der Waals surface area contributed by atoms with Crippen molar-refractivity contribution >= 4 is 12.7 Å². The lowest BCUT2D eigenvalue weighted by atomic mass is 10.3. The molecule has 0 fully saturated rings. The first kappa shape index (κ1) is 8.14. The molecule has 0 aromatic carbocycles. The van der Waals surface area contributed by atoms with E-state index < -0.39 is 0 Å². The quantitative estimate of drug-likeness (QED) is 0.450. The molecule has 52 valence electrons. The second-order valence-corrected chi connectivity index (χ2v) is 1.74. The standard InChI is InChI=1S/C6H12N2O/c1-3-4-5-8-6(9)7-2/h2-5H2,1H3,(H,8,9). The third-order valence-electron chi connectivity index (χ3n) is 0.950. The molecule has 0 rings (SSSR count). The van der Waals surface area contributed by atoms with Gasteiger partial charge in [0.2, 0.25) is 0 Å². The highest BCUT2D eigenvalue weighted by Gasteiger charge is 1.90. The molecule has 0 heterocycles. The molecular formula is C6H12N2O. The maximum atomic E-state index is 10.3. The number of nitrogens with zero attached hydrogens (tertiary/aromatic N) is 1. The van der Waals surface area contributed by atoms with Crippen LogP contribution in [0.1, 0.15) is 19.8 Å². The normalized spacial score (nSPS) is 8.56. The molecule has 0 aromatic heterocycles. The van der Waals surface area contributed by atoms with Crippen molar-refractivity contribution in [1.82, 2.24) is 5.32 Å². The van der Waals surface area contributed by atoms with Crippen molar-refractivity contribution in [2.45, 2.75) is 19.8 Å². The number of carbonyl (C=O) groups excluding carboxylic acids is 1. The molecular weight excluding hydrogens is 116 g/mol.